The molecule has 0 aliphatic heterocycles. The van der Waals surface area contributed by atoms with E-state index in [1.807, 2.05) is 0 Å². The van der Waals surface area contributed by atoms with Crippen LogP contribution >= 0.6 is 0 Å². The van der Waals surface area contributed by atoms with Crippen LogP contribution in [0.3, 0.4) is 0 Å². The van der Waals surface area contributed by atoms with Gasteiger partial charge in [0.25, 0.3) is 20.2 Å². The van der Waals surface area contributed by atoms with E-state index in [0.717, 1.165) is 0 Å². The van der Waals surface area contributed by atoms with Crippen molar-refractivity contribution in [3.05, 3.63) is 10.5 Å². The summed E-state index contributed by atoms with van der Waals surface area (Å²) in [7, 11) is -9.04. The normalized spacial score (nSPS) is 22.4. The van der Waals surface area contributed by atoms with E-state index < -0.39 is 30.7 Å². The summed E-state index contributed by atoms with van der Waals surface area (Å²) in [6.07, 6.45) is 0.865. The first-order valence-corrected chi connectivity index (χ1v) is 6.78. The summed E-state index contributed by atoms with van der Waals surface area (Å²) in [4.78, 5) is 0. The molecule has 0 bridgehead atoms. The minimum absolute atomic E-state index is 0.0477. The topological polar surface area (TPSA) is 109 Å². The van der Waals surface area contributed by atoms with Crippen LogP contribution in [0, 0.1) is 10.5 Å². The van der Waals surface area contributed by atoms with Crippen LogP contribution in [-0.2, 0) is 20.2 Å². The van der Waals surface area contributed by atoms with E-state index in [4.69, 9.17) is 9.11 Å². The molecule has 1 aliphatic carbocycles. The highest BCUT2D eigenvalue weighted by molar-refractivity contribution is 7.93. The van der Waals surface area contributed by atoms with Gasteiger partial charge in [-0.2, -0.15) is 16.8 Å². The second kappa shape index (κ2) is 3.76. The standard InChI is InChI=1S/C6H10O6S2/c7-13(8,9)5-3-1-2-4-6(5)14(10,11)12/h1-4H2,(H,7,8,9)(H,10,11,12). The zero-order valence-corrected chi connectivity index (χ0v) is 8.81. The van der Waals surface area contributed by atoms with E-state index in [1.165, 1.54) is 0 Å². The second-order valence-corrected chi connectivity index (χ2v) is 5.89. The zero-order valence-electron chi connectivity index (χ0n) is 7.17. The van der Waals surface area contributed by atoms with Crippen molar-refractivity contribution in [2.24, 2.45) is 0 Å². The molecule has 0 unspecified atom stereocenters. The quantitative estimate of drug-likeness (QED) is 0.678. The van der Waals surface area contributed by atoms with Crippen molar-refractivity contribution in [1.29, 1.82) is 0 Å². The molecule has 1 aliphatic rings. The van der Waals surface area contributed by atoms with Gasteiger partial charge < -0.3 is 0 Å². The molecule has 0 atom stereocenters. The van der Waals surface area contributed by atoms with Gasteiger partial charge in [-0.05, 0) is 12.8 Å². The highest BCUT2D eigenvalue weighted by Crippen LogP contribution is 2.39. The average molecular weight is 242 g/mol. The SMILES string of the molecule is O=S(=O)(O)[C]1CCCC[C]1S(=O)(=O)O. The molecule has 0 aromatic heterocycles. The molecule has 82 valence electrons. The zero-order chi connectivity index (χ0) is 11.0. The van der Waals surface area contributed by atoms with Crippen molar-refractivity contribution in [1.82, 2.24) is 0 Å². The predicted octanol–water partition coefficient (Wildman–Crippen LogP) is 0.400. The van der Waals surface area contributed by atoms with Gasteiger partial charge in [0.05, 0.1) is 0 Å². The lowest BCUT2D eigenvalue weighted by molar-refractivity contribution is 0.453. The van der Waals surface area contributed by atoms with E-state index in [1.54, 1.807) is 0 Å². The van der Waals surface area contributed by atoms with Crippen molar-refractivity contribution in [2.75, 3.05) is 0 Å². The number of rotatable bonds is 2. The third-order valence-corrected chi connectivity index (χ3v) is 4.27. The average Bonchev–Trinajstić information content (AvgIpc) is 2.01. The second-order valence-electron chi connectivity index (χ2n) is 3.00. The molecule has 0 saturated heterocycles. The van der Waals surface area contributed by atoms with Gasteiger partial charge in [0, 0.05) is 0 Å². The van der Waals surface area contributed by atoms with Crippen LogP contribution in [0.15, 0.2) is 0 Å². The Balaban J connectivity index is 3.03. The Morgan fingerprint density at radius 2 is 1.07 bits per heavy atom. The summed E-state index contributed by atoms with van der Waals surface area (Å²) < 4.78 is 60.5. The van der Waals surface area contributed by atoms with Crippen LogP contribution in [0.25, 0.3) is 0 Å². The molecule has 0 aromatic rings. The molecule has 0 spiro atoms. The Morgan fingerprint density at radius 3 is 1.29 bits per heavy atom. The van der Waals surface area contributed by atoms with Crippen LogP contribution < -0.4 is 0 Å². The largest absolute Gasteiger partial charge is 0.285 e. The Bertz CT molecular complexity index is 354. The van der Waals surface area contributed by atoms with E-state index >= 15 is 0 Å². The molecule has 14 heavy (non-hydrogen) atoms. The first kappa shape index (κ1) is 11.9. The first-order chi connectivity index (χ1) is 6.23. The molecule has 8 heteroatoms. The fourth-order valence-electron chi connectivity index (χ4n) is 1.40. The number of hydrogen-bond acceptors (Lipinski definition) is 4. The maximum Gasteiger partial charge on any atom is 0.274 e. The van der Waals surface area contributed by atoms with Crippen molar-refractivity contribution in [3.8, 4) is 0 Å². The van der Waals surface area contributed by atoms with Crippen LogP contribution in [-0.4, -0.2) is 25.9 Å². The van der Waals surface area contributed by atoms with E-state index in [0.29, 0.717) is 12.8 Å². The summed E-state index contributed by atoms with van der Waals surface area (Å²) in [5, 5.41) is -1.16. The van der Waals surface area contributed by atoms with Crippen LogP contribution in [0.1, 0.15) is 25.7 Å². The van der Waals surface area contributed by atoms with Crippen LogP contribution in [0.4, 0.5) is 0 Å². The summed E-state index contributed by atoms with van der Waals surface area (Å²) >= 11 is 0. The van der Waals surface area contributed by atoms with E-state index in [2.05, 4.69) is 0 Å². The molecule has 1 fully saturated rings. The van der Waals surface area contributed by atoms with Gasteiger partial charge in [-0.3, -0.25) is 9.11 Å². The summed E-state index contributed by atoms with van der Waals surface area (Å²) in [6, 6.07) is 0. The predicted molar refractivity (Wildman–Crippen MR) is 48.1 cm³/mol. The fourth-order valence-corrected chi connectivity index (χ4v) is 3.61. The maximum atomic E-state index is 10.8. The highest BCUT2D eigenvalue weighted by Gasteiger charge is 2.43. The Kier molecular flexibility index (Phi) is 3.20. The van der Waals surface area contributed by atoms with Gasteiger partial charge in [-0.15, -0.1) is 0 Å². The van der Waals surface area contributed by atoms with E-state index in [-0.39, 0.29) is 12.8 Å². The van der Waals surface area contributed by atoms with Crippen LogP contribution in [0.5, 0.6) is 0 Å². The summed E-state index contributed by atoms with van der Waals surface area (Å²) in [5.74, 6) is 0. The van der Waals surface area contributed by atoms with Gasteiger partial charge in [-0.1, -0.05) is 12.8 Å². The van der Waals surface area contributed by atoms with Crippen molar-refractivity contribution in [3.63, 3.8) is 0 Å². The number of hydrogen-bond donors (Lipinski definition) is 2. The minimum Gasteiger partial charge on any atom is -0.285 e. The Labute approximate surface area is 82.8 Å². The van der Waals surface area contributed by atoms with Gasteiger partial charge in [0.1, 0.15) is 10.5 Å². The maximum absolute atomic E-state index is 10.8. The lowest BCUT2D eigenvalue weighted by Gasteiger charge is -2.24. The van der Waals surface area contributed by atoms with Crippen molar-refractivity contribution in [2.45, 2.75) is 25.7 Å². The van der Waals surface area contributed by atoms with Crippen molar-refractivity contribution < 1.29 is 25.9 Å². The van der Waals surface area contributed by atoms with Gasteiger partial charge in [0.2, 0.25) is 0 Å². The third kappa shape index (κ3) is 2.66. The Morgan fingerprint density at radius 1 is 0.786 bits per heavy atom. The molecule has 1 saturated carbocycles. The van der Waals surface area contributed by atoms with Gasteiger partial charge >= 0.3 is 0 Å². The lowest BCUT2D eigenvalue weighted by Crippen LogP contribution is -2.28. The highest BCUT2D eigenvalue weighted by atomic mass is 32.2. The first-order valence-electron chi connectivity index (χ1n) is 3.90. The van der Waals surface area contributed by atoms with Crippen LogP contribution in [0.2, 0.25) is 0 Å². The minimum atomic E-state index is -4.52. The van der Waals surface area contributed by atoms with E-state index in [9.17, 15) is 16.8 Å². The molecular formula is C6H10O6S2. The lowest BCUT2D eigenvalue weighted by atomic mass is 10.00. The monoisotopic (exact) mass is 242 g/mol. The smallest absolute Gasteiger partial charge is 0.274 e. The molecule has 2 N–H and O–H groups in total. The molecule has 0 aromatic carbocycles. The molecule has 2 radical (unpaired) electrons. The molecule has 0 amide bonds. The third-order valence-electron chi connectivity index (χ3n) is 1.99. The summed E-state index contributed by atoms with van der Waals surface area (Å²) in [6.45, 7) is 0. The molecule has 6 nitrogen and oxygen atoms in total. The molecular weight excluding hydrogens is 232 g/mol. The van der Waals surface area contributed by atoms with Gasteiger partial charge in [0.15, 0.2) is 0 Å². The van der Waals surface area contributed by atoms with Gasteiger partial charge in [-0.25, -0.2) is 0 Å². The summed E-state index contributed by atoms with van der Waals surface area (Å²) in [5.41, 5.74) is 0. The van der Waals surface area contributed by atoms with Crippen molar-refractivity contribution >= 4 is 20.2 Å². The Hall–Kier alpha value is -0.180. The molecule has 1 rings (SSSR count). The molecule has 0 heterocycles. The fraction of sp³-hybridized carbons (Fsp3) is 0.667.